The lowest BCUT2D eigenvalue weighted by Crippen LogP contribution is -2.36. The molecule has 4 heteroatoms. The van der Waals surface area contributed by atoms with E-state index in [1.165, 1.54) is 17.0 Å². The molecule has 0 N–H and O–H groups in total. The quantitative estimate of drug-likeness (QED) is 0.746. The average molecular weight is 232 g/mol. The van der Waals surface area contributed by atoms with Gasteiger partial charge in [-0.25, -0.2) is 4.39 Å². The summed E-state index contributed by atoms with van der Waals surface area (Å²) in [6.07, 6.45) is 1.54. The molecule has 0 bridgehead atoms. The Morgan fingerprint density at radius 2 is 2.06 bits per heavy atom. The molecular formula is C13H13FN2O. The molecule has 1 aliphatic rings. The van der Waals surface area contributed by atoms with Crippen molar-refractivity contribution in [2.24, 2.45) is 0 Å². The molecular weight excluding hydrogens is 219 g/mol. The number of carbonyl (C=O) groups is 1. The lowest BCUT2D eigenvalue weighted by molar-refractivity contribution is -0.132. The monoisotopic (exact) mass is 232 g/mol. The van der Waals surface area contributed by atoms with E-state index >= 15 is 0 Å². The summed E-state index contributed by atoms with van der Waals surface area (Å²) in [4.78, 5) is 13.6. The Labute approximate surface area is 99.5 Å². The van der Waals surface area contributed by atoms with E-state index in [-0.39, 0.29) is 18.3 Å². The molecule has 0 saturated heterocycles. The van der Waals surface area contributed by atoms with Crippen LogP contribution in [0.5, 0.6) is 0 Å². The van der Waals surface area contributed by atoms with Crippen LogP contribution in [0.1, 0.15) is 18.4 Å². The van der Waals surface area contributed by atoms with Gasteiger partial charge in [0.15, 0.2) is 0 Å². The van der Waals surface area contributed by atoms with Gasteiger partial charge in [0, 0.05) is 7.05 Å². The third-order valence-electron chi connectivity index (χ3n) is 3.21. The fourth-order valence-electron chi connectivity index (χ4n) is 2.06. The zero-order chi connectivity index (χ0) is 12.5. The molecule has 1 aromatic carbocycles. The maximum atomic E-state index is 12.8. The van der Waals surface area contributed by atoms with Gasteiger partial charge in [0.1, 0.15) is 12.4 Å². The van der Waals surface area contributed by atoms with Gasteiger partial charge < -0.3 is 4.90 Å². The van der Waals surface area contributed by atoms with Crippen molar-refractivity contribution in [3.05, 3.63) is 35.6 Å². The normalized spacial score (nSPS) is 16.1. The summed E-state index contributed by atoms with van der Waals surface area (Å²) in [5.74, 6) is -0.354. The minimum absolute atomic E-state index is 0.0503. The molecule has 0 aromatic heterocycles. The van der Waals surface area contributed by atoms with E-state index in [1.54, 1.807) is 19.2 Å². The number of nitriles is 1. The smallest absolute Gasteiger partial charge is 0.233 e. The topological polar surface area (TPSA) is 44.1 Å². The van der Waals surface area contributed by atoms with Crippen LogP contribution in [0.3, 0.4) is 0 Å². The van der Waals surface area contributed by atoms with Gasteiger partial charge in [-0.3, -0.25) is 4.79 Å². The molecule has 3 nitrogen and oxygen atoms in total. The molecule has 1 amide bonds. The minimum Gasteiger partial charge on any atom is -0.332 e. The SMILES string of the molecule is CN(CC#N)C(=O)C1(c2ccc(F)cc2)CC1. The van der Waals surface area contributed by atoms with Crippen LogP contribution in [-0.2, 0) is 10.2 Å². The predicted octanol–water partition coefficient (Wildman–Crippen LogP) is 1.84. The van der Waals surface area contributed by atoms with Gasteiger partial charge in [-0.15, -0.1) is 0 Å². The summed E-state index contributed by atoms with van der Waals surface area (Å²) >= 11 is 0. The van der Waals surface area contributed by atoms with E-state index in [4.69, 9.17) is 5.26 Å². The minimum atomic E-state index is -0.515. The summed E-state index contributed by atoms with van der Waals surface area (Å²) in [5.41, 5.74) is 0.327. The molecule has 0 spiro atoms. The second-order valence-corrected chi connectivity index (χ2v) is 4.41. The highest BCUT2D eigenvalue weighted by atomic mass is 19.1. The van der Waals surface area contributed by atoms with Crippen molar-refractivity contribution in [3.63, 3.8) is 0 Å². The second-order valence-electron chi connectivity index (χ2n) is 4.41. The van der Waals surface area contributed by atoms with Crippen molar-refractivity contribution in [2.45, 2.75) is 18.3 Å². The molecule has 2 rings (SSSR count). The van der Waals surface area contributed by atoms with Gasteiger partial charge in [-0.05, 0) is 30.5 Å². The van der Waals surface area contributed by atoms with E-state index < -0.39 is 5.41 Å². The molecule has 0 atom stereocenters. The predicted molar refractivity (Wildman–Crippen MR) is 60.6 cm³/mol. The number of hydrogen-bond acceptors (Lipinski definition) is 2. The Kier molecular flexibility index (Phi) is 2.84. The first-order valence-corrected chi connectivity index (χ1v) is 5.49. The van der Waals surface area contributed by atoms with Crippen LogP contribution < -0.4 is 0 Å². The van der Waals surface area contributed by atoms with E-state index in [0.717, 1.165) is 18.4 Å². The van der Waals surface area contributed by atoms with Gasteiger partial charge in [0.05, 0.1) is 11.5 Å². The average Bonchev–Trinajstić information content (AvgIpc) is 3.10. The van der Waals surface area contributed by atoms with Gasteiger partial charge in [0.25, 0.3) is 0 Å². The highest BCUT2D eigenvalue weighted by Gasteiger charge is 2.52. The van der Waals surface area contributed by atoms with E-state index in [1.807, 2.05) is 6.07 Å². The van der Waals surface area contributed by atoms with E-state index in [0.29, 0.717) is 0 Å². The van der Waals surface area contributed by atoms with Crippen LogP contribution in [0.15, 0.2) is 24.3 Å². The lowest BCUT2D eigenvalue weighted by atomic mass is 9.94. The summed E-state index contributed by atoms with van der Waals surface area (Å²) in [7, 11) is 1.62. The highest BCUT2D eigenvalue weighted by molar-refractivity contribution is 5.91. The molecule has 1 saturated carbocycles. The Morgan fingerprint density at radius 1 is 1.47 bits per heavy atom. The van der Waals surface area contributed by atoms with Gasteiger partial charge in [0.2, 0.25) is 5.91 Å². The zero-order valence-electron chi connectivity index (χ0n) is 9.61. The third kappa shape index (κ3) is 2.01. The van der Waals surface area contributed by atoms with Crippen molar-refractivity contribution in [3.8, 4) is 6.07 Å². The molecule has 0 radical (unpaired) electrons. The molecule has 0 heterocycles. The summed E-state index contributed by atoms with van der Waals surface area (Å²) < 4.78 is 12.8. The van der Waals surface area contributed by atoms with Crippen LogP contribution in [0.4, 0.5) is 4.39 Å². The second kappa shape index (κ2) is 4.17. The largest absolute Gasteiger partial charge is 0.332 e. The number of hydrogen-bond donors (Lipinski definition) is 0. The first-order valence-electron chi connectivity index (χ1n) is 5.49. The Balaban J connectivity index is 2.23. The Bertz CT molecular complexity index is 471. The molecule has 1 aromatic rings. The van der Waals surface area contributed by atoms with Crippen LogP contribution in [-0.4, -0.2) is 24.4 Å². The van der Waals surface area contributed by atoms with Crippen molar-refractivity contribution in [2.75, 3.05) is 13.6 Å². The Hall–Kier alpha value is -1.89. The van der Waals surface area contributed by atoms with E-state index in [9.17, 15) is 9.18 Å². The fraction of sp³-hybridized carbons (Fsp3) is 0.385. The third-order valence-corrected chi connectivity index (χ3v) is 3.21. The zero-order valence-corrected chi connectivity index (χ0v) is 9.61. The first-order chi connectivity index (χ1) is 8.10. The molecule has 0 aliphatic heterocycles. The number of amides is 1. The maximum Gasteiger partial charge on any atom is 0.233 e. The standard InChI is InChI=1S/C13H13FN2O/c1-16(9-8-15)12(17)13(6-7-13)10-2-4-11(14)5-3-10/h2-5H,6-7,9H2,1H3. The van der Waals surface area contributed by atoms with Crippen LogP contribution in [0.2, 0.25) is 0 Å². The summed E-state index contributed by atoms with van der Waals surface area (Å²) in [6, 6.07) is 8.00. The molecule has 1 fully saturated rings. The number of rotatable bonds is 3. The summed E-state index contributed by atoms with van der Waals surface area (Å²) in [6.45, 7) is 0.0851. The number of carbonyl (C=O) groups excluding carboxylic acids is 1. The molecule has 0 unspecified atom stereocenters. The fourth-order valence-corrected chi connectivity index (χ4v) is 2.06. The number of likely N-dealkylation sites (N-methyl/N-ethyl adjacent to an activating group) is 1. The number of nitrogens with zero attached hydrogens (tertiary/aromatic N) is 2. The first kappa shape index (κ1) is 11.6. The van der Waals surface area contributed by atoms with Gasteiger partial charge in [-0.2, -0.15) is 5.26 Å². The maximum absolute atomic E-state index is 12.8. The van der Waals surface area contributed by atoms with Gasteiger partial charge in [-0.1, -0.05) is 12.1 Å². The highest BCUT2D eigenvalue weighted by Crippen LogP contribution is 2.49. The number of benzene rings is 1. The summed E-state index contributed by atoms with van der Waals surface area (Å²) in [5, 5.41) is 8.59. The lowest BCUT2D eigenvalue weighted by Gasteiger charge is -2.21. The van der Waals surface area contributed by atoms with Crippen molar-refractivity contribution >= 4 is 5.91 Å². The van der Waals surface area contributed by atoms with Crippen LogP contribution in [0.25, 0.3) is 0 Å². The molecule has 88 valence electrons. The van der Waals surface area contributed by atoms with Crippen molar-refractivity contribution in [1.29, 1.82) is 5.26 Å². The van der Waals surface area contributed by atoms with E-state index in [2.05, 4.69) is 0 Å². The molecule has 1 aliphatic carbocycles. The molecule has 17 heavy (non-hydrogen) atoms. The van der Waals surface area contributed by atoms with Crippen molar-refractivity contribution in [1.82, 2.24) is 4.90 Å². The Morgan fingerprint density at radius 3 is 2.53 bits per heavy atom. The van der Waals surface area contributed by atoms with Crippen LogP contribution >= 0.6 is 0 Å². The van der Waals surface area contributed by atoms with Crippen molar-refractivity contribution < 1.29 is 9.18 Å². The van der Waals surface area contributed by atoms with Crippen LogP contribution in [0, 0.1) is 17.1 Å². The van der Waals surface area contributed by atoms with Gasteiger partial charge >= 0.3 is 0 Å². The number of halogens is 1.